The fraction of sp³-hybridized carbons (Fsp3) is 0.529. The van der Waals surface area contributed by atoms with Gasteiger partial charge >= 0.3 is 0 Å². The summed E-state index contributed by atoms with van der Waals surface area (Å²) in [5.41, 5.74) is 2.02. The van der Waals surface area contributed by atoms with E-state index in [1.807, 2.05) is 32.0 Å². The van der Waals surface area contributed by atoms with Crippen LogP contribution >= 0.6 is 0 Å². The van der Waals surface area contributed by atoms with E-state index in [1.165, 1.54) is 6.42 Å². The molecule has 2 aliphatic rings. The van der Waals surface area contributed by atoms with Gasteiger partial charge in [0.15, 0.2) is 5.78 Å². The predicted molar refractivity (Wildman–Crippen MR) is 79.0 cm³/mol. The molecule has 1 aliphatic heterocycles. The molecular weight excluding hydrogens is 250 g/mol. The molecule has 0 atom stereocenters. The largest absolute Gasteiger partial charge is 0.325 e. The average Bonchev–Trinajstić information content (AvgIpc) is 2.69. The smallest absolute Gasteiger partial charge is 0.234 e. The van der Waals surface area contributed by atoms with Crippen LogP contribution in [0.2, 0.25) is 0 Å². The maximum absolute atomic E-state index is 12.6. The molecule has 0 aromatic heterocycles. The molecule has 1 saturated carbocycles. The topological polar surface area (TPSA) is 46.2 Å². The molecule has 0 bridgehead atoms. The van der Waals surface area contributed by atoms with Gasteiger partial charge in [0.25, 0.3) is 0 Å². The van der Waals surface area contributed by atoms with E-state index in [0.29, 0.717) is 0 Å². The highest BCUT2D eigenvalue weighted by atomic mass is 16.2. The molecule has 1 aromatic carbocycles. The van der Waals surface area contributed by atoms with E-state index in [-0.39, 0.29) is 17.6 Å². The van der Waals surface area contributed by atoms with Gasteiger partial charge in [0.2, 0.25) is 5.91 Å². The van der Waals surface area contributed by atoms with Gasteiger partial charge in [-0.15, -0.1) is 0 Å². The van der Waals surface area contributed by atoms with Crippen LogP contribution in [0.1, 0.15) is 61.9 Å². The first-order valence-corrected chi connectivity index (χ1v) is 7.50. The summed E-state index contributed by atoms with van der Waals surface area (Å²) in [7, 11) is 0. The number of anilines is 1. The van der Waals surface area contributed by atoms with Gasteiger partial charge in [-0.25, -0.2) is 0 Å². The van der Waals surface area contributed by atoms with E-state index in [9.17, 15) is 9.59 Å². The quantitative estimate of drug-likeness (QED) is 0.834. The number of fused-ring (bicyclic) bond motifs is 1. The molecule has 0 saturated heterocycles. The number of hydrogen-bond acceptors (Lipinski definition) is 2. The Balaban J connectivity index is 1.91. The molecule has 3 rings (SSSR count). The average molecular weight is 271 g/mol. The van der Waals surface area contributed by atoms with Crippen molar-refractivity contribution in [1.29, 1.82) is 0 Å². The Bertz CT molecular complexity index is 568. The van der Waals surface area contributed by atoms with Crippen molar-refractivity contribution in [1.82, 2.24) is 0 Å². The van der Waals surface area contributed by atoms with E-state index in [0.717, 1.165) is 42.5 Å². The van der Waals surface area contributed by atoms with E-state index < -0.39 is 5.41 Å². The van der Waals surface area contributed by atoms with Gasteiger partial charge in [-0.2, -0.15) is 0 Å². The van der Waals surface area contributed by atoms with Gasteiger partial charge in [-0.1, -0.05) is 19.3 Å². The molecule has 3 nitrogen and oxygen atoms in total. The van der Waals surface area contributed by atoms with Crippen LogP contribution in [-0.4, -0.2) is 11.7 Å². The summed E-state index contributed by atoms with van der Waals surface area (Å²) in [5, 5.41) is 2.88. The number of hydrogen-bond donors (Lipinski definition) is 1. The summed E-state index contributed by atoms with van der Waals surface area (Å²) in [6, 6.07) is 5.65. The Morgan fingerprint density at radius 3 is 2.60 bits per heavy atom. The monoisotopic (exact) mass is 271 g/mol. The van der Waals surface area contributed by atoms with Crippen molar-refractivity contribution in [3.8, 4) is 0 Å². The minimum Gasteiger partial charge on any atom is -0.325 e. The van der Waals surface area contributed by atoms with Crippen molar-refractivity contribution in [2.75, 3.05) is 5.32 Å². The summed E-state index contributed by atoms with van der Waals surface area (Å²) in [6.07, 6.45) is 5.59. The summed E-state index contributed by atoms with van der Waals surface area (Å²) >= 11 is 0. The van der Waals surface area contributed by atoms with E-state index >= 15 is 0 Å². The standard InChI is InChI=1S/C17H21NO2/c1-17(2)13-10-12(8-9-14(13)18-16(17)20)15(19)11-6-4-3-5-7-11/h8-11H,3-7H2,1-2H3,(H,18,20). The fourth-order valence-electron chi connectivity index (χ4n) is 3.32. The second-order valence-corrected chi connectivity index (χ2v) is 6.54. The number of Topliss-reactive ketones (excluding diaryl/α,β-unsaturated/α-hetero) is 1. The first-order valence-electron chi connectivity index (χ1n) is 7.50. The lowest BCUT2D eigenvalue weighted by Gasteiger charge is -2.21. The van der Waals surface area contributed by atoms with Crippen molar-refractivity contribution in [2.45, 2.75) is 51.4 Å². The van der Waals surface area contributed by atoms with Crippen molar-refractivity contribution >= 4 is 17.4 Å². The van der Waals surface area contributed by atoms with Gasteiger partial charge in [-0.05, 0) is 50.5 Å². The van der Waals surface area contributed by atoms with Crippen molar-refractivity contribution in [3.63, 3.8) is 0 Å². The zero-order chi connectivity index (χ0) is 14.3. The minimum absolute atomic E-state index is 0.00904. The lowest BCUT2D eigenvalue weighted by molar-refractivity contribution is -0.119. The zero-order valence-electron chi connectivity index (χ0n) is 12.2. The van der Waals surface area contributed by atoms with Crippen LogP contribution in [0.25, 0.3) is 0 Å². The van der Waals surface area contributed by atoms with Crippen LogP contribution in [-0.2, 0) is 10.2 Å². The Hall–Kier alpha value is -1.64. The van der Waals surface area contributed by atoms with Crippen LogP contribution in [0.3, 0.4) is 0 Å². The number of benzene rings is 1. The van der Waals surface area contributed by atoms with Crippen LogP contribution in [0, 0.1) is 5.92 Å². The highest BCUT2D eigenvalue weighted by molar-refractivity contribution is 6.07. The summed E-state index contributed by atoms with van der Waals surface area (Å²) in [6.45, 7) is 3.81. The van der Waals surface area contributed by atoms with Gasteiger partial charge in [-0.3, -0.25) is 9.59 Å². The molecular formula is C17H21NO2. The Kier molecular flexibility index (Phi) is 3.15. The number of rotatable bonds is 2. The predicted octanol–water partition coefficient (Wildman–Crippen LogP) is 3.68. The van der Waals surface area contributed by atoms with Crippen LogP contribution < -0.4 is 5.32 Å². The molecule has 20 heavy (non-hydrogen) atoms. The molecule has 1 aromatic rings. The molecule has 1 fully saturated rings. The summed E-state index contributed by atoms with van der Waals surface area (Å²) in [4.78, 5) is 24.5. The van der Waals surface area contributed by atoms with Crippen LogP contribution in [0.4, 0.5) is 5.69 Å². The zero-order valence-corrected chi connectivity index (χ0v) is 12.2. The Morgan fingerprint density at radius 1 is 1.20 bits per heavy atom. The third kappa shape index (κ3) is 2.05. The van der Waals surface area contributed by atoms with Gasteiger partial charge in [0, 0.05) is 17.2 Å². The molecule has 1 aliphatic carbocycles. The van der Waals surface area contributed by atoms with E-state index in [4.69, 9.17) is 0 Å². The maximum Gasteiger partial charge on any atom is 0.234 e. The van der Waals surface area contributed by atoms with Gasteiger partial charge in [0.05, 0.1) is 5.41 Å². The van der Waals surface area contributed by atoms with E-state index in [2.05, 4.69) is 5.32 Å². The maximum atomic E-state index is 12.6. The van der Waals surface area contributed by atoms with Crippen LogP contribution in [0.15, 0.2) is 18.2 Å². The molecule has 1 heterocycles. The van der Waals surface area contributed by atoms with E-state index in [1.54, 1.807) is 0 Å². The normalized spacial score (nSPS) is 21.4. The minimum atomic E-state index is -0.543. The number of amides is 1. The first kappa shape index (κ1) is 13.3. The number of carbonyl (C=O) groups is 2. The highest BCUT2D eigenvalue weighted by Gasteiger charge is 2.38. The third-order valence-corrected chi connectivity index (χ3v) is 4.77. The molecule has 1 amide bonds. The number of ketones is 1. The van der Waals surface area contributed by atoms with Crippen molar-refractivity contribution < 1.29 is 9.59 Å². The molecule has 3 heteroatoms. The SMILES string of the molecule is CC1(C)C(=O)Nc2ccc(C(=O)C3CCCCC3)cc21. The highest BCUT2D eigenvalue weighted by Crippen LogP contribution is 2.38. The second-order valence-electron chi connectivity index (χ2n) is 6.54. The van der Waals surface area contributed by atoms with Crippen LogP contribution in [0.5, 0.6) is 0 Å². The third-order valence-electron chi connectivity index (χ3n) is 4.77. The molecule has 0 radical (unpaired) electrons. The molecule has 106 valence electrons. The molecule has 0 spiro atoms. The number of nitrogens with one attached hydrogen (secondary N) is 1. The van der Waals surface area contributed by atoms with Crippen molar-refractivity contribution in [2.24, 2.45) is 5.92 Å². The Morgan fingerprint density at radius 2 is 1.90 bits per heavy atom. The lowest BCUT2D eigenvalue weighted by atomic mass is 9.81. The number of carbonyl (C=O) groups excluding carboxylic acids is 2. The lowest BCUT2D eigenvalue weighted by Crippen LogP contribution is -2.27. The molecule has 1 N–H and O–H groups in total. The molecule has 0 unspecified atom stereocenters. The van der Waals surface area contributed by atoms with Gasteiger partial charge < -0.3 is 5.32 Å². The Labute approximate surface area is 119 Å². The summed E-state index contributed by atoms with van der Waals surface area (Å²) < 4.78 is 0. The van der Waals surface area contributed by atoms with Gasteiger partial charge in [0.1, 0.15) is 0 Å². The summed E-state index contributed by atoms with van der Waals surface area (Å²) in [5.74, 6) is 0.437. The first-order chi connectivity index (χ1) is 9.50. The second kappa shape index (κ2) is 4.72. The fourth-order valence-corrected chi connectivity index (χ4v) is 3.32. The van der Waals surface area contributed by atoms with Crippen molar-refractivity contribution in [3.05, 3.63) is 29.3 Å².